The van der Waals surface area contributed by atoms with Gasteiger partial charge in [-0.1, -0.05) is 146 Å². The van der Waals surface area contributed by atoms with E-state index in [9.17, 15) is 0 Å². The lowest BCUT2D eigenvalue weighted by Crippen LogP contribution is -1.98. The van der Waals surface area contributed by atoms with Crippen molar-refractivity contribution in [2.24, 2.45) is 0 Å². The highest BCUT2D eigenvalue weighted by atomic mass is 14.7. The number of hydrogen-bond donors (Lipinski definition) is 0. The van der Waals surface area contributed by atoms with Crippen LogP contribution in [-0.2, 0) is 0 Å². The summed E-state index contributed by atoms with van der Waals surface area (Å²) in [6, 6.07) is 58.9. The number of nitrogens with zero attached hydrogens (tertiary/aromatic N) is 4. The molecule has 0 bridgehead atoms. The van der Waals surface area contributed by atoms with Gasteiger partial charge < -0.3 is 0 Å². The van der Waals surface area contributed by atoms with Gasteiger partial charge in [0.2, 0.25) is 0 Å². The van der Waals surface area contributed by atoms with Crippen LogP contribution in [0.3, 0.4) is 0 Å². The van der Waals surface area contributed by atoms with Crippen molar-refractivity contribution in [1.29, 1.82) is 0 Å². The third-order valence-corrected chi connectivity index (χ3v) is 9.58. The molecule has 8 aromatic rings. The summed E-state index contributed by atoms with van der Waals surface area (Å²) >= 11 is 0. The maximum Gasteiger partial charge on any atom is 0.0629 e. The Kier molecular flexibility index (Phi) is 12.0. The predicted octanol–water partition coefficient (Wildman–Crippen LogP) is 13.0. The van der Waals surface area contributed by atoms with Crippen LogP contribution in [0.25, 0.3) is 59.8 Å². The van der Waals surface area contributed by atoms with Crippen molar-refractivity contribution in [3.63, 3.8) is 0 Å². The van der Waals surface area contributed by atoms with Gasteiger partial charge >= 0.3 is 0 Å². The fraction of sp³-hybridized carbons (Fsp3) is 0. The molecule has 0 saturated carbocycles. The van der Waals surface area contributed by atoms with Crippen LogP contribution in [-0.4, -0.2) is 19.9 Å². The summed E-state index contributed by atoms with van der Waals surface area (Å²) in [6.07, 6.45) is 23.8. The Morgan fingerprint density at radius 2 is 0.466 bits per heavy atom. The van der Waals surface area contributed by atoms with E-state index in [1.807, 2.05) is 122 Å². The van der Waals surface area contributed by atoms with Crippen molar-refractivity contribution < 1.29 is 0 Å². The SMILES string of the molecule is C(=C\c1ccccn1)/c1ccc(C(=C(c2ccc(/C=C/c3ccccn3)cc2)c2ccc(/C=C/c3ccccn3)cc2)c2ccc(/C=C/c3ccccn3)cc2)cc1. The number of pyridine rings is 4. The molecule has 0 atom stereocenters. The van der Waals surface area contributed by atoms with E-state index < -0.39 is 0 Å². The van der Waals surface area contributed by atoms with Crippen molar-refractivity contribution in [3.8, 4) is 0 Å². The van der Waals surface area contributed by atoms with Gasteiger partial charge in [0.05, 0.1) is 22.8 Å². The molecule has 0 amide bonds. The van der Waals surface area contributed by atoms with Gasteiger partial charge in [0.1, 0.15) is 0 Å². The Morgan fingerprint density at radius 1 is 0.241 bits per heavy atom. The molecular weight excluding hydrogens is 705 g/mol. The Labute approximate surface area is 340 Å². The van der Waals surface area contributed by atoms with E-state index in [-0.39, 0.29) is 0 Å². The molecule has 0 N–H and O–H groups in total. The van der Waals surface area contributed by atoms with Crippen LogP contribution in [0.1, 0.15) is 67.3 Å². The van der Waals surface area contributed by atoms with Crippen molar-refractivity contribution in [2.75, 3.05) is 0 Å². The molecule has 0 radical (unpaired) electrons. The second kappa shape index (κ2) is 18.7. The first-order valence-electron chi connectivity index (χ1n) is 19.3. The third kappa shape index (κ3) is 9.88. The number of hydrogen-bond acceptors (Lipinski definition) is 4. The van der Waals surface area contributed by atoms with Gasteiger partial charge in [-0.15, -0.1) is 0 Å². The van der Waals surface area contributed by atoms with E-state index >= 15 is 0 Å². The lowest BCUT2D eigenvalue weighted by atomic mass is 9.85. The molecular formula is C54H40N4. The first-order valence-corrected chi connectivity index (χ1v) is 19.3. The smallest absolute Gasteiger partial charge is 0.0629 e. The van der Waals surface area contributed by atoms with Crippen LogP contribution >= 0.6 is 0 Å². The highest BCUT2D eigenvalue weighted by molar-refractivity contribution is 6.05. The van der Waals surface area contributed by atoms with E-state index in [4.69, 9.17) is 0 Å². The fourth-order valence-corrected chi connectivity index (χ4v) is 6.58. The molecule has 0 unspecified atom stereocenters. The maximum absolute atomic E-state index is 4.46. The Morgan fingerprint density at radius 3 is 0.655 bits per heavy atom. The average molecular weight is 745 g/mol. The van der Waals surface area contributed by atoms with E-state index in [1.165, 1.54) is 0 Å². The highest BCUT2D eigenvalue weighted by Crippen LogP contribution is 2.38. The van der Waals surface area contributed by atoms with Crippen LogP contribution in [0.15, 0.2) is 195 Å². The molecule has 0 aliphatic heterocycles. The predicted molar refractivity (Wildman–Crippen MR) is 243 cm³/mol. The molecule has 4 heteroatoms. The summed E-state index contributed by atoms with van der Waals surface area (Å²) in [7, 11) is 0. The zero-order valence-corrected chi connectivity index (χ0v) is 31.9. The zero-order valence-electron chi connectivity index (χ0n) is 31.9. The second-order valence-corrected chi connectivity index (χ2v) is 13.6. The van der Waals surface area contributed by atoms with Crippen LogP contribution in [0, 0.1) is 0 Å². The molecule has 58 heavy (non-hydrogen) atoms. The Bertz CT molecular complexity index is 2300. The van der Waals surface area contributed by atoms with E-state index in [1.54, 1.807) is 0 Å². The van der Waals surface area contributed by atoms with Gasteiger partial charge in [0.15, 0.2) is 0 Å². The summed E-state index contributed by atoms with van der Waals surface area (Å²) in [6.45, 7) is 0. The molecule has 4 heterocycles. The highest BCUT2D eigenvalue weighted by Gasteiger charge is 2.17. The Balaban J connectivity index is 1.23. The molecule has 0 aliphatic rings. The normalized spacial score (nSPS) is 11.5. The third-order valence-electron chi connectivity index (χ3n) is 9.58. The zero-order chi connectivity index (χ0) is 39.2. The van der Waals surface area contributed by atoms with Crippen LogP contribution in [0.2, 0.25) is 0 Å². The Hall–Kier alpha value is -7.82. The van der Waals surface area contributed by atoms with Crippen LogP contribution in [0.5, 0.6) is 0 Å². The minimum atomic E-state index is 0.920. The van der Waals surface area contributed by atoms with Gasteiger partial charge in [-0.2, -0.15) is 0 Å². The van der Waals surface area contributed by atoms with E-state index in [0.29, 0.717) is 0 Å². The quantitative estimate of drug-likeness (QED) is 0.117. The van der Waals surface area contributed by atoms with Gasteiger partial charge in [-0.25, -0.2) is 0 Å². The minimum Gasteiger partial charge on any atom is -0.257 e. The number of benzene rings is 4. The minimum absolute atomic E-state index is 0.920. The second-order valence-electron chi connectivity index (χ2n) is 13.6. The lowest BCUT2D eigenvalue weighted by Gasteiger charge is -2.19. The first-order chi connectivity index (χ1) is 28.7. The summed E-state index contributed by atoms with van der Waals surface area (Å²) in [4.78, 5) is 17.8. The topological polar surface area (TPSA) is 51.6 Å². The van der Waals surface area contributed by atoms with Crippen molar-refractivity contribution in [2.45, 2.75) is 0 Å². The summed E-state index contributed by atoms with van der Waals surface area (Å²) in [5.41, 5.74) is 14.8. The van der Waals surface area contributed by atoms with E-state index in [2.05, 4.69) is 141 Å². The van der Waals surface area contributed by atoms with Crippen LogP contribution < -0.4 is 0 Å². The number of rotatable bonds is 12. The molecule has 4 aromatic carbocycles. The van der Waals surface area contributed by atoms with Crippen molar-refractivity contribution in [1.82, 2.24) is 19.9 Å². The number of aromatic nitrogens is 4. The molecule has 0 saturated heterocycles. The molecule has 0 fully saturated rings. The van der Waals surface area contributed by atoms with Crippen LogP contribution in [0.4, 0.5) is 0 Å². The van der Waals surface area contributed by atoms with Crippen molar-refractivity contribution in [3.05, 3.63) is 262 Å². The standard InChI is InChI=1S/C54H40N4/c1-5-37-55-49(9-1)33-21-41-13-25-45(26-14-41)53(46-27-15-42(16-28-46)22-34-50-10-2-6-38-56-50)54(47-29-17-43(18-30-47)23-35-51-11-3-7-39-57-51)48-31-19-44(20-32-48)24-36-52-12-4-8-40-58-52/h1-40H/b33-21+,34-22+,35-23+,36-24+. The molecule has 276 valence electrons. The first kappa shape index (κ1) is 37.1. The monoisotopic (exact) mass is 744 g/mol. The molecule has 0 spiro atoms. The summed E-state index contributed by atoms with van der Waals surface area (Å²) < 4.78 is 0. The van der Waals surface area contributed by atoms with Gasteiger partial charge in [0.25, 0.3) is 0 Å². The fourth-order valence-electron chi connectivity index (χ4n) is 6.58. The lowest BCUT2D eigenvalue weighted by molar-refractivity contribution is 1.30. The molecule has 4 nitrogen and oxygen atoms in total. The van der Waals surface area contributed by atoms with E-state index in [0.717, 1.165) is 78.4 Å². The largest absolute Gasteiger partial charge is 0.257 e. The summed E-state index contributed by atoms with van der Waals surface area (Å²) in [5, 5.41) is 0. The van der Waals surface area contributed by atoms with Gasteiger partial charge in [0, 0.05) is 24.8 Å². The molecule has 4 aromatic heterocycles. The van der Waals surface area contributed by atoms with Crippen molar-refractivity contribution >= 4 is 59.8 Å². The summed E-state index contributed by atoms with van der Waals surface area (Å²) in [5.74, 6) is 0. The maximum atomic E-state index is 4.46. The average Bonchev–Trinajstić information content (AvgIpc) is 3.30. The van der Waals surface area contributed by atoms with Gasteiger partial charge in [-0.3, -0.25) is 19.9 Å². The molecule has 0 aliphatic carbocycles. The van der Waals surface area contributed by atoms with Gasteiger partial charge in [-0.05, 0) is 128 Å². The molecule has 8 rings (SSSR count).